The van der Waals surface area contributed by atoms with Crippen molar-refractivity contribution >= 4 is 17.6 Å². The summed E-state index contributed by atoms with van der Waals surface area (Å²) in [5.41, 5.74) is 4.24. The minimum Gasteiger partial charge on any atom is -0.326 e. The van der Waals surface area contributed by atoms with E-state index >= 15 is 0 Å². The number of nitrogens with one attached hydrogen (secondary N) is 1. The fourth-order valence-electron chi connectivity index (χ4n) is 2.71. The van der Waals surface area contributed by atoms with Gasteiger partial charge in [-0.05, 0) is 83.7 Å². The van der Waals surface area contributed by atoms with Crippen LogP contribution in [0.4, 0.5) is 10.1 Å². The molecule has 0 aliphatic rings. The van der Waals surface area contributed by atoms with Gasteiger partial charge in [0, 0.05) is 28.7 Å². The monoisotopic (exact) mass is 360 g/mol. The van der Waals surface area contributed by atoms with E-state index in [0.29, 0.717) is 0 Å². The van der Waals surface area contributed by atoms with Crippen molar-refractivity contribution in [1.82, 2.24) is 4.57 Å². The molecule has 4 rings (SSSR count). The second kappa shape index (κ2) is 7.50. The zero-order valence-electron chi connectivity index (χ0n) is 14.0. The SMILES string of the molecule is Fc1ccc(-c2cccc(SNc3ccc(-n4cccc4)cc3)c2)cc1. The summed E-state index contributed by atoms with van der Waals surface area (Å²) in [6, 6.07) is 27.1. The Balaban J connectivity index is 1.45. The van der Waals surface area contributed by atoms with E-state index in [1.807, 2.05) is 36.7 Å². The molecule has 0 radical (unpaired) electrons. The number of hydrogen-bond donors (Lipinski definition) is 1. The predicted octanol–water partition coefficient (Wildman–Crippen LogP) is 6.40. The molecular weight excluding hydrogens is 343 g/mol. The van der Waals surface area contributed by atoms with Gasteiger partial charge in [-0.25, -0.2) is 4.39 Å². The van der Waals surface area contributed by atoms with Crippen molar-refractivity contribution in [2.75, 3.05) is 4.72 Å². The van der Waals surface area contributed by atoms with Gasteiger partial charge in [0.15, 0.2) is 0 Å². The van der Waals surface area contributed by atoms with Gasteiger partial charge in [0.05, 0.1) is 0 Å². The maximum atomic E-state index is 13.1. The Bertz CT molecular complexity index is 978. The highest BCUT2D eigenvalue weighted by Gasteiger charge is 2.02. The minimum atomic E-state index is -0.218. The van der Waals surface area contributed by atoms with Crippen molar-refractivity contribution in [1.29, 1.82) is 0 Å². The summed E-state index contributed by atoms with van der Waals surface area (Å²) < 4.78 is 18.5. The van der Waals surface area contributed by atoms with Crippen molar-refractivity contribution in [3.8, 4) is 16.8 Å². The first kappa shape index (κ1) is 16.5. The third-order valence-corrected chi connectivity index (χ3v) is 4.90. The molecule has 1 aromatic heterocycles. The van der Waals surface area contributed by atoms with E-state index in [1.54, 1.807) is 24.1 Å². The molecule has 0 spiro atoms. The maximum absolute atomic E-state index is 13.1. The number of aromatic nitrogens is 1. The lowest BCUT2D eigenvalue weighted by Crippen LogP contribution is -1.91. The number of anilines is 1. The summed E-state index contributed by atoms with van der Waals surface area (Å²) in [6.07, 6.45) is 4.05. The third kappa shape index (κ3) is 3.81. The second-order valence-electron chi connectivity index (χ2n) is 5.88. The first-order chi connectivity index (χ1) is 12.8. The number of rotatable bonds is 5. The van der Waals surface area contributed by atoms with E-state index in [-0.39, 0.29) is 5.82 Å². The zero-order valence-corrected chi connectivity index (χ0v) is 14.8. The first-order valence-electron chi connectivity index (χ1n) is 8.30. The fourth-order valence-corrected chi connectivity index (χ4v) is 3.41. The first-order valence-corrected chi connectivity index (χ1v) is 9.12. The van der Waals surface area contributed by atoms with Crippen molar-refractivity contribution in [3.63, 3.8) is 0 Å². The summed E-state index contributed by atoms with van der Waals surface area (Å²) >= 11 is 1.56. The smallest absolute Gasteiger partial charge is 0.123 e. The topological polar surface area (TPSA) is 17.0 Å². The van der Waals surface area contributed by atoms with E-state index in [2.05, 4.69) is 45.7 Å². The normalized spacial score (nSPS) is 10.7. The molecule has 0 amide bonds. The number of benzene rings is 3. The lowest BCUT2D eigenvalue weighted by Gasteiger charge is -2.09. The van der Waals surface area contributed by atoms with Gasteiger partial charge in [-0.1, -0.05) is 24.3 Å². The van der Waals surface area contributed by atoms with Gasteiger partial charge in [0.1, 0.15) is 5.82 Å². The molecule has 128 valence electrons. The van der Waals surface area contributed by atoms with Crippen molar-refractivity contribution < 1.29 is 4.39 Å². The van der Waals surface area contributed by atoms with E-state index in [1.165, 1.54) is 12.1 Å². The van der Waals surface area contributed by atoms with Crippen LogP contribution in [-0.4, -0.2) is 4.57 Å². The van der Waals surface area contributed by atoms with Crippen molar-refractivity contribution in [2.24, 2.45) is 0 Å². The van der Waals surface area contributed by atoms with Gasteiger partial charge in [-0.2, -0.15) is 0 Å². The molecule has 0 saturated heterocycles. The highest BCUT2D eigenvalue weighted by atomic mass is 32.2. The van der Waals surface area contributed by atoms with Gasteiger partial charge >= 0.3 is 0 Å². The highest BCUT2D eigenvalue weighted by Crippen LogP contribution is 2.27. The van der Waals surface area contributed by atoms with Crippen LogP contribution in [0, 0.1) is 5.82 Å². The second-order valence-corrected chi connectivity index (χ2v) is 6.76. The van der Waals surface area contributed by atoms with E-state index < -0.39 is 0 Å². The summed E-state index contributed by atoms with van der Waals surface area (Å²) in [5.74, 6) is -0.218. The standard InChI is InChI=1S/C22H17FN2S/c23-19-8-6-17(7-9-19)18-4-3-5-22(16-18)26-24-20-10-12-21(13-11-20)25-14-1-2-15-25/h1-16,24H. The van der Waals surface area contributed by atoms with Gasteiger partial charge in [0.2, 0.25) is 0 Å². The van der Waals surface area contributed by atoms with Crippen molar-refractivity contribution in [2.45, 2.75) is 4.90 Å². The lowest BCUT2D eigenvalue weighted by atomic mass is 10.1. The highest BCUT2D eigenvalue weighted by molar-refractivity contribution is 8.00. The molecule has 2 nitrogen and oxygen atoms in total. The molecule has 1 heterocycles. The molecule has 0 atom stereocenters. The predicted molar refractivity (Wildman–Crippen MR) is 107 cm³/mol. The zero-order chi connectivity index (χ0) is 17.8. The average molecular weight is 360 g/mol. The fraction of sp³-hybridized carbons (Fsp3) is 0. The molecule has 0 bridgehead atoms. The Kier molecular flexibility index (Phi) is 4.75. The number of halogens is 1. The van der Waals surface area contributed by atoms with Crippen LogP contribution in [0.3, 0.4) is 0 Å². The van der Waals surface area contributed by atoms with Crippen LogP contribution < -0.4 is 4.72 Å². The minimum absolute atomic E-state index is 0.218. The van der Waals surface area contributed by atoms with Gasteiger partial charge in [-0.3, -0.25) is 0 Å². The molecule has 0 aliphatic carbocycles. The molecule has 1 N–H and O–H groups in total. The molecule has 4 aromatic rings. The molecular formula is C22H17FN2S. The molecule has 0 fully saturated rings. The molecule has 0 aliphatic heterocycles. The van der Waals surface area contributed by atoms with Gasteiger partial charge in [-0.15, -0.1) is 0 Å². The molecule has 3 aromatic carbocycles. The lowest BCUT2D eigenvalue weighted by molar-refractivity contribution is 0.628. The molecule has 26 heavy (non-hydrogen) atoms. The Labute approximate surface area is 156 Å². The van der Waals surface area contributed by atoms with Crippen LogP contribution >= 0.6 is 11.9 Å². The Morgan fingerprint density at radius 3 is 2.19 bits per heavy atom. The molecule has 0 saturated carbocycles. The van der Waals surface area contributed by atoms with Crippen LogP contribution in [0.1, 0.15) is 0 Å². The van der Waals surface area contributed by atoms with Gasteiger partial charge < -0.3 is 9.29 Å². The molecule has 0 unspecified atom stereocenters. The summed E-state index contributed by atoms with van der Waals surface area (Å²) in [4.78, 5) is 1.10. The largest absolute Gasteiger partial charge is 0.326 e. The van der Waals surface area contributed by atoms with Crippen LogP contribution in [0.15, 0.2) is 102 Å². The van der Waals surface area contributed by atoms with Crippen LogP contribution in [0.2, 0.25) is 0 Å². The van der Waals surface area contributed by atoms with E-state index in [9.17, 15) is 4.39 Å². The van der Waals surface area contributed by atoms with Crippen LogP contribution in [0.5, 0.6) is 0 Å². The van der Waals surface area contributed by atoms with Crippen molar-refractivity contribution in [3.05, 3.63) is 103 Å². The Hall–Kier alpha value is -2.98. The Morgan fingerprint density at radius 2 is 1.46 bits per heavy atom. The van der Waals surface area contributed by atoms with Crippen LogP contribution in [-0.2, 0) is 0 Å². The van der Waals surface area contributed by atoms with E-state index in [0.717, 1.165) is 27.4 Å². The quantitative estimate of drug-likeness (QED) is 0.415. The van der Waals surface area contributed by atoms with Gasteiger partial charge in [0.25, 0.3) is 0 Å². The third-order valence-electron chi connectivity index (χ3n) is 4.07. The maximum Gasteiger partial charge on any atom is 0.123 e. The van der Waals surface area contributed by atoms with Crippen LogP contribution in [0.25, 0.3) is 16.8 Å². The molecule has 4 heteroatoms. The Morgan fingerprint density at radius 1 is 0.731 bits per heavy atom. The number of nitrogens with zero attached hydrogens (tertiary/aromatic N) is 1. The summed E-state index contributed by atoms with van der Waals surface area (Å²) in [7, 11) is 0. The average Bonchev–Trinajstić information content (AvgIpc) is 3.22. The number of hydrogen-bond acceptors (Lipinski definition) is 2. The summed E-state index contributed by atoms with van der Waals surface area (Å²) in [5, 5.41) is 0. The van der Waals surface area contributed by atoms with E-state index in [4.69, 9.17) is 0 Å². The summed E-state index contributed by atoms with van der Waals surface area (Å²) in [6.45, 7) is 0.